The van der Waals surface area contributed by atoms with Crippen LogP contribution in [0.25, 0.3) is 0 Å². The van der Waals surface area contributed by atoms with Crippen LogP contribution in [0.15, 0.2) is 6.07 Å². The van der Waals surface area contributed by atoms with Gasteiger partial charge in [-0.1, -0.05) is 23.2 Å². The van der Waals surface area contributed by atoms with Gasteiger partial charge >= 0.3 is 0 Å². The lowest BCUT2D eigenvalue weighted by Crippen LogP contribution is -2.31. The van der Waals surface area contributed by atoms with E-state index in [1.165, 1.54) is 0 Å². The van der Waals surface area contributed by atoms with Crippen molar-refractivity contribution in [1.29, 1.82) is 0 Å². The Balaban J connectivity index is 2.30. The summed E-state index contributed by atoms with van der Waals surface area (Å²) < 4.78 is 5.62. The molecule has 1 N–H and O–H groups in total. The fourth-order valence-corrected chi connectivity index (χ4v) is 2.61. The van der Waals surface area contributed by atoms with Gasteiger partial charge in [0.15, 0.2) is 0 Å². The molecule has 0 saturated carbocycles. The van der Waals surface area contributed by atoms with Gasteiger partial charge in [-0.3, -0.25) is 0 Å². The first-order chi connectivity index (χ1) is 8.61. The number of nitrogens with zero attached hydrogens (tertiary/aromatic N) is 2. The maximum atomic E-state index is 6.24. The standard InChI is InChI=1S/C12H17Cl2N3O/c1-8-7-17(4-3-5-18-8)12-10(14)6-9(13)11(15-2)16-12/h6,8H,3-5,7H2,1-2H3,(H,15,16). The molecule has 2 heterocycles. The van der Waals surface area contributed by atoms with E-state index < -0.39 is 0 Å². The van der Waals surface area contributed by atoms with Crippen LogP contribution in [-0.4, -0.2) is 37.8 Å². The molecule has 1 aliphatic heterocycles. The second-order valence-corrected chi connectivity index (χ2v) is 5.17. The second-order valence-electron chi connectivity index (χ2n) is 4.36. The molecule has 1 aliphatic rings. The Morgan fingerprint density at radius 1 is 1.44 bits per heavy atom. The minimum Gasteiger partial charge on any atom is -0.377 e. The van der Waals surface area contributed by atoms with Crippen LogP contribution in [0, 0.1) is 0 Å². The van der Waals surface area contributed by atoms with E-state index in [-0.39, 0.29) is 6.10 Å². The topological polar surface area (TPSA) is 37.4 Å². The Morgan fingerprint density at radius 3 is 2.94 bits per heavy atom. The van der Waals surface area contributed by atoms with Crippen molar-refractivity contribution in [3.63, 3.8) is 0 Å². The quantitative estimate of drug-likeness (QED) is 0.908. The molecule has 100 valence electrons. The third-order valence-electron chi connectivity index (χ3n) is 2.90. The second kappa shape index (κ2) is 5.95. The van der Waals surface area contributed by atoms with E-state index in [1.54, 1.807) is 13.1 Å². The van der Waals surface area contributed by atoms with Crippen molar-refractivity contribution < 1.29 is 4.74 Å². The van der Waals surface area contributed by atoms with Gasteiger partial charge in [0.2, 0.25) is 0 Å². The molecule has 18 heavy (non-hydrogen) atoms. The Kier molecular flexibility index (Phi) is 4.54. The van der Waals surface area contributed by atoms with Crippen LogP contribution in [0.4, 0.5) is 11.6 Å². The first-order valence-corrected chi connectivity index (χ1v) is 6.77. The van der Waals surface area contributed by atoms with Gasteiger partial charge in [-0.15, -0.1) is 0 Å². The molecule has 6 heteroatoms. The molecule has 0 spiro atoms. The third kappa shape index (κ3) is 2.99. The molecule has 4 nitrogen and oxygen atoms in total. The summed E-state index contributed by atoms with van der Waals surface area (Å²) in [6, 6.07) is 1.73. The average molecular weight is 290 g/mol. The van der Waals surface area contributed by atoms with Gasteiger partial charge in [-0.2, -0.15) is 0 Å². The summed E-state index contributed by atoms with van der Waals surface area (Å²) in [7, 11) is 1.79. The van der Waals surface area contributed by atoms with E-state index in [4.69, 9.17) is 27.9 Å². The number of rotatable bonds is 2. The first kappa shape index (κ1) is 13.7. The maximum absolute atomic E-state index is 6.24. The normalized spacial score (nSPS) is 20.7. The number of aromatic nitrogens is 1. The summed E-state index contributed by atoms with van der Waals surface area (Å²) in [5.74, 6) is 1.41. The highest BCUT2D eigenvalue weighted by molar-refractivity contribution is 6.37. The first-order valence-electron chi connectivity index (χ1n) is 6.02. The van der Waals surface area contributed by atoms with Crippen LogP contribution < -0.4 is 10.2 Å². The van der Waals surface area contributed by atoms with Gasteiger partial charge in [-0.25, -0.2) is 4.98 Å². The highest BCUT2D eigenvalue weighted by Crippen LogP contribution is 2.32. The molecule has 1 atom stereocenters. The lowest BCUT2D eigenvalue weighted by Gasteiger charge is -2.24. The Bertz CT molecular complexity index is 428. The van der Waals surface area contributed by atoms with Crippen LogP contribution in [0.3, 0.4) is 0 Å². The van der Waals surface area contributed by atoms with Crippen LogP contribution in [0.2, 0.25) is 10.0 Å². The maximum Gasteiger partial charge on any atom is 0.150 e. The van der Waals surface area contributed by atoms with E-state index >= 15 is 0 Å². The molecule has 2 rings (SSSR count). The zero-order chi connectivity index (χ0) is 13.1. The van der Waals surface area contributed by atoms with Crippen LogP contribution >= 0.6 is 23.2 Å². The third-order valence-corrected chi connectivity index (χ3v) is 3.47. The lowest BCUT2D eigenvalue weighted by molar-refractivity contribution is 0.0820. The summed E-state index contributed by atoms with van der Waals surface area (Å²) in [5, 5.41) is 4.08. The molecular formula is C12H17Cl2N3O. The summed E-state index contributed by atoms with van der Waals surface area (Å²) in [4.78, 5) is 6.64. The molecule has 1 saturated heterocycles. The summed E-state index contributed by atoms with van der Waals surface area (Å²) in [5.41, 5.74) is 0. The SMILES string of the molecule is CNc1nc(N2CCCOC(C)C2)c(Cl)cc1Cl. The van der Waals surface area contributed by atoms with Gasteiger partial charge in [0.1, 0.15) is 11.6 Å². The molecule has 0 bridgehead atoms. The van der Waals surface area contributed by atoms with E-state index in [0.29, 0.717) is 15.9 Å². The number of anilines is 2. The van der Waals surface area contributed by atoms with Crippen LogP contribution in [-0.2, 0) is 4.74 Å². The smallest absolute Gasteiger partial charge is 0.150 e. The molecule has 1 fully saturated rings. The number of hydrogen-bond acceptors (Lipinski definition) is 4. The largest absolute Gasteiger partial charge is 0.377 e. The van der Waals surface area contributed by atoms with Crippen molar-refractivity contribution in [2.75, 3.05) is 37.0 Å². The van der Waals surface area contributed by atoms with E-state index in [0.717, 1.165) is 31.9 Å². The van der Waals surface area contributed by atoms with Gasteiger partial charge in [-0.05, 0) is 19.4 Å². The Hall–Kier alpha value is -0.710. The van der Waals surface area contributed by atoms with Gasteiger partial charge in [0, 0.05) is 26.7 Å². The molecule has 0 radical (unpaired) electrons. The Morgan fingerprint density at radius 2 is 2.22 bits per heavy atom. The molecule has 1 aromatic heterocycles. The van der Waals surface area contributed by atoms with Crippen molar-refractivity contribution in [2.24, 2.45) is 0 Å². The van der Waals surface area contributed by atoms with E-state index in [9.17, 15) is 0 Å². The molecule has 1 aromatic rings. The zero-order valence-electron chi connectivity index (χ0n) is 10.5. The number of hydrogen-bond donors (Lipinski definition) is 1. The average Bonchev–Trinajstić information content (AvgIpc) is 2.54. The van der Waals surface area contributed by atoms with Gasteiger partial charge in [0.25, 0.3) is 0 Å². The number of nitrogens with one attached hydrogen (secondary N) is 1. The zero-order valence-corrected chi connectivity index (χ0v) is 12.1. The van der Waals surface area contributed by atoms with Gasteiger partial charge in [0.05, 0.1) is 16.1 Å². The van der Waals surface area contributed by atoms with E-state index in [1.807, 2.05) is 0 Å². The van der Waals surface area contributed by atoms with Crippen molar-refractivity contribution in [1.82, 2.24) is 4.98 Å². The monoisotopic (exact) mass is 289 g/mol. The van der Waals surface area contributed by atoms with E-state index in [2.05, 4.69) is 22.1 Å². The fourth-order valence-electron chi connectivity index (χ4n) is 2.04. The molecule has 0 aromatic carbocycles. The van der Waals surface area contributed by atoms with Crippen molar-refractivity contribution in [3.05, 3.63) is 16.1 Å². The van der Waals surface area contributed by atoms with Gasteiger partial charge < -0.3 is 15.0 Å². The minimum atomic E-state index is 0.180. The molecule has 0 amide bonds. The fraction of sp³-hybridized carbons (Fsp3) is 0.583. The predicted molar refractivity (Wildman–Crippen MR) is 76.0 cm³/mol. The highest BCUT2D eigenvalue weighted by Gasteiger charge is 2.20. The molecule has 0 aliphatic carbocycles. The predicted octanol–water partition coefficient (Wildman–Crippen LogP) is 3.05. The number of pyridine rings is 1. The van der Waals surface area contributed by atoms with Crippen molar-refractivity contribution >= 4 is 34.8 Å². The number of ether oxygens (including phenoxy) is 1. The minimum absolute atomic E-state index is 0.180. The highest BCUT2D eigenvalue weighted by atomic mass is 35.5. The summed E-state index contributed by atoms with van der Waals surface area (Å²) in [6.07, 6.45) is 1.15. The summed E-state index contributed by atoms with van der Waals surface area (Å²) >= 11 is 12.3. The summed E-state index contributed by atoms with van der Waals surface area (Å²) in [6.45, 7) is 4.52. The lowest BCUT2D eigenvalue weighted by atomic mass is 10.3. The van der Waals surface area contributed by atoms with Crippen LogP contribution in [0.5, 0.6) is 0 Å². The van der Waals surface area contributed by atoms with Crippen LogP contribution in [0.1, 0.15) is 13.3 Å². The number of halogens is 2. The van der Waals surface area contributed by atoms with Crippen molar-refractivity contribution in [2.45, 2.75) is 19.4 Å². The molecule has 1 unspecified atom stereocenters. The molecular weight excluding hydrogens is 273 g/mol. The van der Waals surface area contributed by atoms with Crippen molar-refractivity contribution in [3.8, 4) is 0 Å². The Labute approximate surface area is 117 Å².